The van der Waals surface area contributed by atoms with Crippen molar-refractivity contribution in [3.63, 3.8) is 0 Å². The third kappa shape index (κ3) is 4.45. The number of fused-ring (bicyclic) bond motifs is 2. The number of rotatable bonds is 2. The average molecular weight is 454 g/mol. The Morgan fingerprint density at radius 2 is 1.91 bits per heavy atom. The molecule has 1 aromatic heterocycles. The monoisotopic (exact) mass is 454 g/mol. The highest BCUT2D eigenvalue weighted by Gasteiger charge is 2.31. The van der Waals surface area contributed by atoms with Crippen molar-refractivity contribution in [2.45, 2.75) is 32.1 Å². The molecule has 0 amide bonds. The maximum atomic E-state index is 15.0. The van der Waals surface area contributed by atoms with E-state index < -0.39 is 23.1 Å². The van der Waals surface area contributed by atoms with Gasteiger partial charge in [-0.25, -0.2) is 13.8 Å². The molecule has 5 N–H and O–H groups in total. The van der Waals surface area contributed by atoms with Crippen LogP contribution in [-0.4, -0.2) is 43.6 Å². The smallest absolute Gasteiger partial charge is 0.375 e. The van der Waals surface area contributed by atoms with Gasteiger partial charge in [-0.1, -0.05) is 24.0 Å². The summed E-state index contributed by atoms with van der Waals surface area (Å²) in [5.74, 6) is 5.22. The molecule has 0 radical (unpaired) electrons. The van der Waals surface area contributed by atoms with E-state index in [1.54, 1.807) is 30.9 Å². The minimum atomic E-state index is -3.56. The van der Waals surface area contributed by atoms with Crippen molar-refractivity contribution in [1.82, 2.24) is 9.55 Å². The summed E-state index contributed by atoms with van der Waals surface area (Å²) < 4.78 is 20.9. The number of aromatic nitrogens is 2. The molecule has 0 aliphatic carbocycles. The quantitative estimate of drug-likeness (QED) is 0.331. The van der Waals surface area contributed by atoms with Gasteiger partial charge in [-0.3, -0.25) is 0 Å². The molecule has 33 heavy (non-hydrogen) atoms. The molecule has 0 saturated heterocycles. The Balaban J connectivity index is 2.00. The van der Waals surface area contributed by atoms with E-state index in [0.717, 1.165) is 6.07 Å². The first-order valence-corrected chi connectivity index (χ1v) is 10.2. The summed E-state index contributed by atoms with van der Waals surface area (Å²) in [7, 11) is 0. The van der Waals surface area contributed by atoms with Gasteiger partial charge < -0.3 is 30.7 Å². The van der Waals surface area contributed by atoms with Crippen LogP contribution in [0.1, 0.15) is 25.0 Å². The SMILES string of the molecule is CC(C)(N)C#Cc1cccc2c1COCCN2c1nc(=O)n(C(O)(O)O)c2cccc(F)c12. The Bertz CT molecular complexity index is 1350. The average Bonchev–Trinajstić information content (AvgIpc) is 2.93. The van der Waals surface area contributed by atoms with Gasteiger partial charge in [0, 0.05) is 23.4 Å². The van der Waals surface area contributed by atoms with E-state index >= 15 is 4.39 Å². The van der Waals surface area contributed by atoms with Crippen molar-refractivity contribution in [3.05, 3.63) is 63.8 Å². The number of benzene rings is 2. The minimum Gasteiger partial charge on any atom is -0.375 e. The van der Waals surface area contributed by atoms with Crippen LogP contribution in [-0.2, 0) is 17.4 Å². The third-order valence-corrected chi connectivity index (χ3v) is 5.07. The fraction of sp³-hybridized carbons (Fsp3) is 0.304. The largest absolute Gasteiger partial charge is 0.377 e. The van der Waals surface area contributed by atoms with Crippen molar-refractivity contribution in [2.24, 2.45) is 5.73 Å². The zero-order valence-electron chi connectivity index (χ0n) is 18.0. The Morgan fingerprint density at radius 3 is 2.61 bits per heavy atom. The minimum absolute atomic E-state index is 0.0513. The summed E-state index contributed by atoms with van der Waals surface area (Å²) in [4.78, 5) is 18.2. The van der Waals surface area contributed by atoms with E-state index in [-0.39, 0.29) is 41.0 Å². The number of nitrogens with zero attached hydrogens (tertiary/aromatic N) is 3. The lowest BCUT2D eigenvalue weighted by Gasteiger charge is -2.27. The van der Waals surface area contributed by atoms with Crippen molar-refractivity contribution >= 4 is 22.4 Å². The topological polar surface area (TPSA) is 134 Å². The highest BCUT2D eigenvalue weighted by Crippen LogP contribution is 2.36. The third-order valence-electron chi connectivity index (χ3n) is 5.07. The van der Waals surface area contributed by atoms with Crippen molar-refractivity contribution < 1.29 is 24.4 Å². The molecule has 0 unspecified atom stereocenters. The second-order valence-electron chi connectivity index (χ2n) is 8.27. The van der Waals surface area contributed by atoms with Crippen molar-refractivity contribution in [1.29, 1.82) is 0 Å². The molecule has 3 aromatic rings. The molecule has 10 heteroatoms. The maximum Gasteiger partial charge on any atom is 0.377 e. The van der Waals surface area contributed by atoms with E-state index in [4.69, 9.17) is 10.5 Å². The number of hydrogen-bond donors (Lipinski definition) is 4. The highest BCUT2D eigenvalue weighted by atomic mass is 19.1. The van der Waals surface area contributed by atoms with Gasteiger partial charge >= 0.3 is 11.8 Å². The van der Waals surface area contributed by atoms with Gasteiger partial charge in [0.15, 0.2) is 5.82 Å². The zero-order valence-corrected chi connectivity index (χ0v) is 18.0. The maximum absolute atomic E-state index is 15.0. The molecular formula is C23H23FN4O5. The molecule has 0 fully saturated rings. The zero-order chi connectivity index (χ0) is 24.0. The molecule has 1 aliphatic heterocycles. The molecule has 2 heterocycles. The molecule has 0 spiro atoms. The Morgan fingerprint density at radius 1 is 1.18 bits per heavy atom. The van der Waals surface area contributed by atoms with Gasteiger partial charge in [-0.2, -0.15) is 4.98 Å². The van der Waals surface area contributed by atoms with Crippen LogP contribution in [0.15, 0.2) is 41.2 Å². The van der Waals surface area contributed by atoms with Crippen LogP contribution in [0.5, 0.6) is 0 Å². The van der Waals surface area contributed by atoms with Crippen LogP contribution in [0, 0.1) is 17.7 Å². The lowest BCUT2D eigenvalue weighted by atomic mass is 10.0. The second-order valence-corrected chi connectivity index (χ2v) is 8.27. The van der Waals surface area contributed by atoms with E-state index in [2.05, 4.69) is 16.8 Å². The number of nitrogens with two attached hydrogens (primary N) is 1. The second kappa shape index (κ2) is 8.22. The summed E-state index contributed by atoms with van der Waals surface area (Å²) in [5.41, 5.74) is 5.83. The van der Waals surface area contributed by atoms with Gasteiger partial charge in [0.25, 0.3) is 0 Å². The number of hydrogen-bond acceptors (Lipinski definition) is 8. The molecule has 0 saturated carbocycles. The molecule has 1 aliphatic rings. The predicted octanol–water partition coefficient (Wildman–Crippen LogP) is 0.837. The van der Waals surface area contributed by atoms with Crippen LogP contribution < -0.4 is 16.3 Å². The fourth-order valence-electron chi connectivity index (χ4n) is 3.70. The summed E-state index contributed by atoms with van der Waals surface area (Å²) in [6.07, 6.45) is -3.56. The van der Waals surface area contributed by atoms with Crippen LogP contribution in [0.2, 0.25) is 0 Å². The number of anilines is 2. The fourth-order valence-corrected chi connectivity index (χ4v) is 3.70. The van der Waals surface area contributed by atoms with Gasteiger partial charge in [0.1, 0.15) is 5.82 Å². The van der Waals surface area contributed by atoms with Crippen LogP contribution in [0.4, 0.5) is 15.9 Å². The molecule has 9 nitrogen and oxygen atoms in total. The van der Waals surface area contributed by atoms with Crippen molar-refractivity contribution in [2.75, 3.05) is 18.1 Å². The first-order valence-electron chi connectivity index (χ1n) is 10.2. The van der Waals surface area contributed by atoms with Gasteiger partial charge in [-0.15, -0.1) is 0 Å². The number of halogens is 1. The Labute approximate surface area is 188 Å². The molecule has 172 valence electrons. The summed E-state index contributed by atoms with van der Waals surface area (Å²) in [6, 6.07) is 9.07. The summed E-state index contributed by atoms with van der Waals surface area (Å²) in [6.45, 7) is 4.26. The Kier molecular flexibility index (Phi) is 5.69. The van der Waals surface area contributed by atoms with E-state index in [1.807, 2.05) is 6.07 Å². The first kappa shape index (κ1) is 22.8. The van der Waals surface area contributed by atoms with E-state index in [9.17, 15) is 20.1 Å². The molecule has 4 rings (SSSR count). The standard InChI is InChI=1S/C23H23FN4O5/c1-22(2,25)10-9-14-5-3-7-17-15(14)13-33-12-11-27(17)20-19-16(24)6-4-8-18(19)28(21(29)26-20)23(30,31)32/h3-8,30-32H,11-13,25H2,1-2H3. The molecule has 0 atom stereocenters. The molecule has 0 bridgehead atoms. The predicted molar refractivity (Wildman–Crippen MR) is 119 cm³/mol. The summed E-state index contributed by atoms with van der Waals surface area (Å²) >= 11 is 0. The molecule has 2 aromatic carbocycles. The summed E-state index contributed by atoms with van der Waals surface area (Å²) in [5, 5.41) is 28.9. The van der Waals surface area contributed by atoms with Gasteiger partial charge in [0.2, 0.25) is 0 Å². The normalized spacial score (nSPS) is 14.5. The molecular weight excluding hydrogens is 431 g/mol. The van der Waals surface area contributed by atoms with Gasteiger partial charge in [-0.05, 0) is 38.1 Å². The van der Waals surface area contributed by atoms with Crippen LogP contribution in [0.25, 0.3) is 10.9 Å². The first-order chi connectivity index (χ1) is 15.5. The lowest BCUT2D eigenvalue weighted by Crippen LogP contribution is -2.43. The van der Waals surface area contributed by atoms with Crippen LogP contribution in [0.3, 0.4) is 0 Å². The number of ether oxygens (including phenoxy) is 1. The van der Waals surface area contributed by atoms with Crippen LogP contribution >= 0.6 is 0 Å². The van der Waals surface area contributed by atoms with E-state index in [0.29, 0.717) is 16.8 Å². The number of aliphatic hydroxyl groups is 3. The Hall–Kier alpha value is -3.33. The van der Waals surface area contributed by atoms with Crippen molar-refractivity contribution in [3.8, 4) is 11.8 Å². The van der Waals surface area contributed by atoms with Gasteiger partial charge in [0.05, 0.1) is 29.7 Å². The van der Waals surface area contributed by atoms with E-state index in [1.165, 1.54) is 12.1 Å². The highest BCUT2D eigenvalue weighted by molar-refractivity contribution is 5.93. The lowest BCUT2D eigenvalue weighted by molar-refractivity contribution is -0.374.